The zero-order valence-corrected chi connectivity index (χ0v) is 11.0. The Labute approximate surface area is 119 Å². The Morgan fingerprint density at radius 1 is 1.20 bits per heavy atom. The second kappa shape index (κ2) is 6.21. The van der Waals surface area contributed by atoms with Crippen molar-refractivity contribution in [1.82, 2.24) is 0 Å². The van der Waals surface area contributed by atoms with Crippen molar-refractivity contribution in [2.75, 3.05) is 0 Å². The average molecular weight is 293 g/mol. The highest BCUT2D eigenvalue weighted by molar-refractivity contribution is 6.30. The Bertz CT molecular complexity index is 668. The van der Waals surface area contributed by atoms with E-state index in [1.165, 1.54) is 24.3 Å². The Balaban J connectivity index is 2.36. The van der Waals surface area contributed by atoms with Gasteiger partial charge in [-0.15, -0.1) is 0 Å². The molecule has 0 amide bonds. The first-order valence-electron chi connectivity index (χ1n) is 5.69. The average Bonchev–Trinajstić information content (AvgIpc) is 2.41. The van der Waals surface area contributed by atoms with Gasteiger partial charge in [0, 0.05) is 16.7 Å². The summed E-state index contributed by atoms with van der Waals surface area (Å²) >= 11 is 5.86. The first-order valence-corrected chi connectivity index (χ1v) is 6.07. The van der Waals surface area contributed by atoms with Gasteiger partial charge in [-0.05, 0) is 36.4 Å². The maximum absolute atomic E-state index is 13.5. The van der Waals surface area contributed by atoms with Gasteiger partial charge in [-0.3, -0.25) is 0 Å². The molecular weight excluding hydrogens is 283 g/mol. The van der Waals surface area contributed by atoms with Crippen molar-refractivity contribution in [3.8, 4) is 11.5 Å². The molecule has 0 unspecified atom stereocenters. The third kappa shape index (κ3) is 3.59. The van der Waals surface area contributed by atoms with E-state index in [2.05, 4.69) is 0 Å². The number of para-hydroxylation sites is 1. The van der Waals surface area contributed by atoms with E-state index >= 15 is 0 Å². The van der Waals surface area contributed by atoms with Gasteiger partial charge in [-0.2, -0.15) is 0 Å². The summed E-state index contributed by atoms with van der Waals surface area (Å²) in [6.45, 7) is 0. The van der Waals surface area contributed by atoms with Gasteiger partial charge in [0.1, 0.15) is 5.75 Å². The van der Waals surface area contributed by atoms with Gasteiger partial charge in [0.2, 0.25) is 0 Å². The molecule has 0 bridgehead atoms. The number of benzene rings is 2. The fraction of sp³-hybridized carbons (Fsp3) is 0. The van der Waals surface area contributed by atoms with Crippen LogP contribution in [0.1, 0.15) is 5.56 Å². The largest absolute Gasteiger partial charge is 0.478 e. The van der Waals surface area contributed by atoms with Crippen LogP contribution >= 0.6 is 11.6 Å². The maximum Gasteiger partial charge on any atom is 0.328 e. The molecule has 2 aromatic rings. The molecule has 0 aliphatic rings. The third-order valence-corrected chi connectivity index (χ3v) is 2.67. The highest BCUT2D eigenvalue weighted by Gasteiger charge is 2.07. The zero-order chi connectivity index (χ0) is 14.5. The van der Waals surface area contributed by atoms with Crippen molar-refractivity contribution in [1.29, 1.82) is 0 Å². The van der Waals surface area contributed by atoms with Crippen LogP contribution in [0, 0.1) is 5.82 Å². The molecule has 20 heavy (non-hydrogen) atoms. The van der Waals surface area contributed by atoms with Gasteiger partial charge in [0.15, 0.2) is 11.6 Å². The van der Waals surface area contributed by atoms with Crippen molar-refractivity contribution < 1.29 is 19.0 Å². The highest BCUT2D eigenvalue weighted by atomic mass is 35.5. The van der Waals surface area contributed by atoms with E-state index in [1.807, 2.05) is 0 Å². The minimum absolute atomic E-state index is 0.0554. The molecule has 0 aromatic heterocycles. The summed E-state index contributed by atoms with van der Waals surface area (Å²) in [6, 6.07) is 10.6. The molecule has 2 rings (SSSR count). The van der Waals surface area contributed by atoms with Crippen LogP contribution in [-0.2, 0) is 4.79 Å². The van der Waals surface area contributed by atoms with E-state index in [1.54, 1.807) is 24.3 Å². The van der Waals surface area contributed by atoms with Crippen LogP contribution in [0.15, 0.2) is 48.5 Å². The summed E-state index contributed by atoms with van der Waals surface area (Å²) in [4.78, 5) is 10.6. The Morgan fingerprint density at radius 3 is 2.65 bits per heavy atom. The minimum Gasteiger partial charge on any atom is -0.478 e. The summed E-state index contributed by atoms with van der Waals surface area (Å²) in [7, 11) is 0. The second-order valence-electron chi connectivity index (χ2n) is 3.89. The molecule has 3 nitrogen and oxygen atoms in total. The number of hydrogen-bond acceptors (Lipinski definition) is 2. The number of halogens is 2. The molecule has 0 aliphatic carbocycles. The number of ether oxygens (including phenoxy) is 1. The van der Waals surface area contributed by atoms with Crippen LogP contribution in [-0.4, -0.2) is 11.1 Å². The zero-order valence-electron chi connectivity index (χ0n) is 10.2. The first-order chi connectivity index (χ1) is 9.56. The van der Waals surface area contributed by atoms with Crippen molar-refractivity contribution in [3.05, 3.63) is 64.9 Å². The predicted octanol–water partition coefficient (Wildman–Crippen LogP) is 4.37. The molecule has 0 radical (unpaired) electrons. The van der Waals surface area contributed by atoms with Gasteiger partial charge in [-0.1, -0.05) is 23.7 Å². The van der Waals surface area contributed by atoms with Gasteiger partial charge in [-0.25, -0.2) is 9.18 Å². The van der Waals surface area contributed by atoms with Crippen LogP contribution in [0.4, 0.5) is 4.39 Å². The van der Waals surface area contributed by atoms with E-state index in [0.29, 0.717) is 16.3 Å². The van der Waals surface area contributed by atoms with E-state index in [4.69, 9.17) is 21.4 Å². The summed E-state index contributed by atoms with van der Waals surface area (Å²) in [6.07, 6.45) is 2.30. The molecule has 0 saturated heterocycles. The molecule has 102 valence electrons. The molecule has 0 spiro atoms. The lowest BCUT2D eigenvalue weighted by Crippen LogP contribution is -1.91. The Kier molecular flexibility index (Phi) is 4.38. The fourth-order valence-electron chi connectivity index (χ4n) is 1.55. The monoisotopic (exact) mass is 292 g/mol. The number of hydrogen-bond donors (Lipinski definition) is 1. The normalized spacial score (nSPS) is 10.7. The predicted molar refractivity (Wildman–Crippen MR) is 74.6 cm³/mol. The topological polar surface area (TPSA) is 46.5 Å². The number of rotatable bonds is 4. The quantitative estimate of drug-likeness (QED) is 0.851. The van der Waals surface area contributed by atoms with Crippen LogP contribution in [0.2, 0.25) is 5.02 Å². The molecule has 0 atom stereocenters. The van der Waals surface area contributed by atoms with Crippen LogP contribution in [0.3, 0.4) is 0 Å². The Hall–Kier alpha value is -2.33. The van der Waals surface area contributed by atoms with E-state index in [9.17, 15) is 9.18 Å². The van der Waals surface area contributed by atoms with Gasteiger partial charge < -0.3 is 9.84 Å². The van der Waals surface area contributed by atoms with Crippen molar-refractivity contribution in [3.63, 3.8) is 0 Å². The second-order valence-corrected chi connectivity index (χ2v) is 4.32. The molecular formula is C15H10ClFO3. The summed E-state index contributed by atoms with van der Waals surface area (Å²) in [5, 5.41) is 9.08. The third-order valence-electron chi connectivity index (χ3n) is 2.43. The summed E-state index contributed by atoms with van der Waals surface area (Å²) < 4.78 is 19.0. The molecule has 5 heteroatoms. The van der Waals surface area contributed by atoms with Crippen molar-refractivity contribution >= 4 is 23.6 Å². The van der Waals surface area contributed by atoms with Gasteiger partial charge >= 0.3 is 5.97 Å². The van der Waals surface area contributed by atoms with Crippen molar-refractivity contribution in [2.24, 2.45) is 0 Å². The number of carboxylic acids is 1. The molecule has 1 N–H and O–H groups in total. The molecule has 0 saturated carbocycles. The molecule has 0 heterocycles. The molecule has 0 aliphatic heterocycles. The first kappa shape index (κ1) is 14.1. The van der Waals surface area contributed by atoms with Gasteiger partial charge in [0.05, 0.1) is 0 Å². The number of aliphatic carboxylic acids is 1. The SMILES string of the molecule is O=C(O)/C=C/c1cc(Cl)ccc1Oc1ccccc1F. The lowest BCUT2D eigenvalue weighted by atomic mass is 10.2. The van der Waals surface area contributed by atoms with E-state index < -0.39 is 11.8 Å². The van der Waals surface area contributed by atoms with Crippen LogP contribution < -0.4 is 4.74 Å². The lowest BCUT2D eigenvalue weighted by molar-refractivity contribution is -0.131. The summed E-state index contributed by atoms with van der Waals surface area (Å²) in [5.74, 6) is -1.23. The maximum atomic E-state index is 13.5. The highest BCUT2D eigenvalue weighted by Crippen LogP contribution is 2.30. The lowest BCUT2D eigenvalue weighted by Gasteiger charge is -2.09. The Morgan fingerprint density at radius 2 is 1.95 bits per heavy atom. The number of carbonyl (C=O) groups is 1. The summed E-state index contributed by atoms with van der Waals surface area (Å²) in [5.41, 5.74) is 0.447. The fourth-order valence-corrected chi connectivity index (χ4v) is 1.73. The van der Waals surface area contributed by atoms with Crippen LogP contribution in [0.5, 0.6) is 11.5 Å². The van der Waals surface area contributed by atoms with Crippen LogP contribution in [0.25, 0.3) is 6.08 Å². The standard InChI is InChI=1S/C15H10ClFO3/c16-11-6-7-13(10(9-11)5-8-15(18)19)20-14-4-2-1-3-12(14)17/h1-9H,(H,18,19)/b8-5+. The number of carboxylic acid groups (broad SMARTS) is 1. The minimum atomic E-state index is -1.10. The van der Waals surface area contributed by atoms with E-state index in [0.717, 1.165) is 6.08 Å². The van der Waals surface area contributed by atoms with E-state index in [-0.39, 0.29) is 5.75 Å². The van der Waals surface area contributed by atoms with Crippen molar-refractivity contribution in [2.45, 2.75) is 0 Å². The molecule has 2 aromatic carbocycles. The molecule has 0 fully saturated rings. The van der Waals surface area contributed by atoms with Gasteiger partial charge in [0.25, 0.3) is 0 Å². The smallest absolute Gasteiger partial charge is 0.328 e.